The van der Waals surface area contributed by atoms with E-state index in [0.717, 1.165) is 0 Å². The second-order valence-corrected chi connectivity index (χ2v) is 7.06. The summed E-state index contributed by atoms with van der Waals surface area (Å²) in [5, 5.41) is 14.3. The number of carbonyl (C=O) groups is 2. The molecule has 0 unspecified atom stereocenters. The highest BCUT2D eigenvalue weighted by atomic mass is 35.5. The molecule has 0 aromatic heterocycles. The Morgan fingerprint density at radius 2 is 1.75 bits per heavy atom. The molecular formula is C18H13Cl2F3N2O3. The van der Waals surface area contributed by atoms with Crippen LogP contribution in [0.4, 0.5) is 18.0 Å². The summed E-state index contributed by atoms with van der Waals surface area (Å²) in [5.74, 6) is -3.17. The molecule has 1 heterocycles. The van der Waals surface area contributed by atoms with Gasteiger partial charge in [0.05, 0.1) is 6.04 Å². The van der Waals surface area contributed by atoms with Gasteiger partial charge in [-0.15, -0.1) is 0 Å². The lowest BCUT2D eigenvalue weighted by Crippen LogP contribution is -2.72. The number of ketones is 1. The summed E-state index contributed by atoms with van der Waals surface area (Å²) in [4.78, 5) is 24.9. The molecule has 28 heavy (non-hydrogen) atoms. The monoisotopic (exact) mass is 432 g/mol. The van der Waals surface area contributed by atoms with Crippen LogP contribution in [0.2, 0.25) is 10.0 Å². The van der Waals surface area contributed by atoms with Crippen LogP contribution in [-0.2, 0) is 0 Å². The van der Waals surface area contributed by atoms with Gasteiger partial charge in [-0.1, -0.05) is 59.6 Å². The molecule has 2 aromatic rings. The molecule has 0 spiro atoms. The average molecular weight is 433 g/mol. The van der Waals surface area contributed by atoms with E-state index in [0.29, 0.717) is 0 Å². The SMILES string of the molecule is O=C1N[C@@H](c2ccc(Cl)cc2Cl)[C@H](C(=O)c2ccccc2)[C@](O)(C(F)(F)F)N1. The lowest BCUT2D eigenvalue weighted by molar-refractivity contribution is -0.287. The van der Waals surface area contributed by atoms with E-state index in [4.69, 9.17) is 23.2 Å². The molecule has 2 amide bonds. The standard InChI is InChI=1S/C18H13Cl2F3N2O3/c19-10-6-7-11(12(20)8-10)14-13(15(26)9-4-2-1-3-5-9)17(28,18(21,22)23)25-16(27)24-14/h1-8,13-14,28H,(H2,24,25,27)/t13-,14+,17+/m1/s1. The summed E-state index contributed by atoms with van der Waals surface area (Å²) in [7, 11) is 0. The molecule has 1 aliphatic rings. The van der Waals surface area contributed by atoms with E-state index in [1.54, 1.807) is 6.07 Å². The Labute approximate surface area is 167 Å². The van der Waals surface area contributed by atoms with E-state index in [2.05, 4.69) is 5.32 Å². The number of carbonyl (C=O) groups excluding carboxylic acids is 2. The third-order valence-electron chi connectivity index (χ3n) is 4.44. The first kappa shape index (κ1) is 20.4. The molecule has 10 heteroatoms. The highest BCUT2D eigenvalue weighted by molar-refractivity contribution is 6.35. The van der Waals surface area contributed by atoms with E-state index in [9.17, 15) is 27.9 Å². The largest absolute Gasteiger partial charge is 0.437 e. The molecule has 5 nitrogen and oxygen atoms in total. The molecule has 0 radical (unpaired) electrons. The van der Waals surface area contributed by atoms with Crippen LogP contribution in [0.15, 0.2) is 48.5 Å². The van der Waals surface area contributed by atoms with Crippen molar-refractivity contribution < 1.29 is 27.9 Å². The summed E-state index contributed by atoms with van der Waals surface area (Å²) in [5.41, 5.74) is -3.86. The zero-order valence-corrected chi connectivity index (χ0v) is 15.4. The first-order chi connectivity index (χ1) is 13.0. The molecule has 3 N–H and O–H groups in total. The van der Waals surface area contributed by atoms with Gasteiger partial charge in [-0.3, -0.25) is 4.79 Å². The Morgan fingerprint density at radius 1 is 1.11 bits per heavy atom. The Bertz CT molecular complexity index is 924. The van der Waals surface area contributed by atoms with Gasteiger partial charge < -0.3 is 15.7 Å². The van der Waals surface area contributed by atoms with Crippen molar-refractivity contribution >= 4 is 35.0 Å². The van der Waals surface area contributed by atoms with Crippen molar-refractivity contribution in [3.8, 4) is 0 Å². The molecule has 1 aliphatic heterocycles. The zero-order chi connectivity index (χ0) is 20.7. The summed E-state index contributed by atoms with van der Waals surface area (Å²) in [6, 6.07) is 8.22. The maximum absolute atomic E-state index is 13.8. The summed E-state index contributed by atoms with van der Waals surface area (Å²) in [6.45, 7) is 0. The van der Waals surface area contributed by atoms with Gasteiger partial charge >= 0.3 is 12.2 Å². The molecular weight excluding hydrogens is 420 g/mol. The van der Waals surface area contributed by atoms with E-state index >= 15 is 0 Å². The summed E-state index contributed by atoms with van der Waals surface area (Å²) < 4.78 is 41.3. The topological polar surface area (TPSA) is 78.4 Å². The first-order valence-corrected chi connectivity index (χ1v) is 8.72. The predicted octanol–water partition coefficient (Wildman–Crippen LogP) is 4.10. The van der Waals surface area contributed by atoms with E-state index in [-0.39, 0.29) is 21.2 Å². The van der Waals surface area contributed by atoms with Crippen LogP contribution in [0.3, 0.4) is 0 Å². The fourth-order valence-electron chi connectivity index (χ4n) is 3.13. The number of urea groups is 1. The van der Waals surface area contributed by atoms with Gasteiger partial charge in [0.2, 0.25) is 5.72 Å². The number of Topliss-reactive ketones (excluding diaryl/α,β-unsaturated/α-hetero) is 1. The van der Waals surface area contributed by atoms with Crippen LogP contribution in [-0.4, -0.2) is 28.8 Å². The number of amides is 2. The lowest BCUT2D eigenvalue weighted by Gasteiger charge is -2.45. The van der Waals surface area contributed by atoms with Crippen LogP contribution in [0.25, 0.3) is 0 Å². The Morgan fingerprint density at radius 3 is 2.32 bits per heavy atom. The molecule has 2 aromatic carbocycles. The number of hydrogen-bond acceptors (Lipinski definition) is 3. The molecule has 0 bridgehead atoms. The summed E-state index contributed by atoms with van der Waals surface area (Å²) >= 11 is 11.9. The first-order valence-electron chi connectivity index (χ1n) is 7.96. The highest BCUT2D eigenvalue weighted by Crippen LogP contribution is 2.45. The fourth-order valence-corrected chi connectivity index (χ4v) is 3.66. The van der Waals surface area contributed by atoms with Crippen molar-refractivity contribution in [1.82, 2.24) is 10.6 Å². The minimum atomic E-state index is -5.34. The minimum Gasteiger partial charge on any atom is -0.363 e. The highest BCUT2D eigenvalue weighted by Gasteiger charge is 2.66. The number of nitrogens with one attached hydrogen (secondary N) is 2. The Hall–Kier alpha value is -2.29. The van der Waals surface area contributed by atoms with Crippen molar-refractivity contribution in [1.29, 1.82) is 0 Å². The van der Waals surface area contributed by atoms with Gasteiger partial charge in [0.1, 0.15) is 5.92 Å². The van der Waals surface area contributed by atoms with Gasteiger partial charge in [-0.25, -0.2) is 4.79 Å². The zero-order valence-electron chi connectivity index (χ0n) is 13.9. The predicted molar refractivity (Wildman–Crippen MR) is 96.1 cm³/mol. The number of aliphatic hydroxyl groups is 1. The second kappa shape index (κ2) is 7.27. The number of hydrogen-bond donors (Lipinski definition) is 3. The van der Waals surface area contributed by atoms with Crippen LogP contribution in [0, 0.1) is 5.92 Å². The number of alkyl halides is 3. The molecule has 3 atom stereocenters. The van der Waals surface area contributed by atoms with Gasteiger partial charge in [0.15, 0.2) is 5.78 Å². The van der Waals surface area contributed by atoms with Crippen molar-refractivity contribution in [2.75, 3.05) is 0 Å². The third kappa shape index (κ3) is 3.55. The summed E-state index contributed by atoms with van der Waals surface area (Å²) in [6.07, 6.45) is -5.34. The van der Waals surface area contributed by atoms with Crippen molar-refractivity contribution in [3.05, 3.63) is 69.7 Å². The molecule has 1 saturated heterocycles. The maximum Gasteiger partial charge on any atom is 0.437 e. The van der Waals surface area contributed by atoms with Crippen molar-refractivity contribution in [2.24, 2.45) is 5.92 Å². The molecule has 0 aliphatic carbocycles. The van der Waals surface area contributed by atoms with Crippen LogP contribution in [0.5, 0.6) is 0 Å². The van der Waals surface area contributed by atoms with Gasteiger partial charge in [-0.05, 0) is 17.7 Å². The smallest absolute Gasteiger partial charge is 0.363 e. The third-order valence-corrected chi connectivity index (χ3v) is 5.01. The van der Waals surface area contributed by atoms with Gasteiger partial charge in [0.25, 0.3) is 0 Å². The lowest BCUT2D eigenvalue weighted by atomic mass is 9.77. The van der Waals surface area contributed by atoms with Crippen molar-refractivity contribution in [3.63, 3.8) is 0 Å². The molecule has 148 valence electrons. The minimum absolute atomic E-state index is 0.0119. The molecule has 3 rings (SSSR count). The molecule has 1 fully saturated rings. The number of halogens is 5. The van der Waals surface area contributed by atoms with Gasteiger partial charge in [-0.2, -0.15) is 13.2 Å². The Kier molecular flexibility index (Phi) is 5.31. The number of benzene rings is 2. The Balaban J connectivity index is 2.20. The fraction of sp³-hybridized carbons (Fsp3) is 0.222. The van der Waals surface area contributed by atoms with Crippen LogP contribution in [0.1, 0.15) is 22.0 Å². The average Bonchev–Trinajstić information content (AvgIpc) is 2.60. The van der Waals surface area contributed by atoms with Crippen LogP contribution >= 0.6 is 23.2 Å². The normalized spacial score (nSPS) is 25.0. The van der Waals surface area contributed by atoms with E-state index in [1.807, 2.05) is 0 Å². The molecule has 0 saturated carbocycles. The van der Waals surface area contributed by atoms with E-state index < -0.39 is 35.7 Å². The van der Waals surface area contributed by atoms with Crippen molar-refractivity contribution in [2.45, 2.75) is 17.9 Å². The quantitative estimate of drug-likeness (QED) is 0.638. The van der Waals surface area contributed by atoms with Gasteiger partial charge in [0, 0.05) is 15.6 Å². The van der Waals surface area contributed by atoms with Crippen LogP contribution < -0.4 is 10.6 Å². The maximum atomic E-state index is 13.8. The van der Waals surface area contributed by atoms with E-state index in [1.165, 1.54) is 47.8 Å². The second-order valence-electron chi connectivity index (χ2n) is 6.21. The number of rotatable bonds is 3.